The van der Waals surface area contributed by atoms with E-state index in [1.54, 1.807) is 23.2 Å². The van der Waals surface area contributed by atoms with E-state index in [0.29, 0.717) is 31.8 Å². The van der Waals surface area contributed by atoms with E-state index >= 15 is 0 Å². The molecule has 0 saturated heterocycles. The number of hydrogen-bond donors (Lipinski definition) is 1. The van der Waals surface area contributed by atoms with Gasteiger partial charge in [0.25, 0.3) is 5.91 Å². The van der Waals surface area contributed by atoms with Gasteiger partial charge in [-0.1, -0.05) is 0 Å². The van der Waals surface area contributed by atoms with Crippen molar-refractivity contribution < 1.29 is 17.6 Å². The highest BCUT2D eigenvalue weighted by atomic mass is 32.2. The molecule has 1 amide bonds. The summed E-state index contributed by atoms with van der Waals surface area (Å²) in [5, 5.41) is 4.11. The second kappa shape index (κ2) is 6.30. The van der Waals surface area contributed by atoms with Crippen molar-refractivity contribution in [3.05, 3.63) is 42.1 Å². The van der Waals surface area contributed by atoms with Crippen molar-refractivity contribution in [2.45, 2.75) is 37.1 Å². The first-order valence-electron chi connectivity index (χ1n) is 8.38. The third-order valence-corrected chi connectivity index (χ3v) is 6.60. The fourth-order valence-corrected chi connectivity index (χ4v) is 4.57. The molecule has 4 rings (SSSR count). The van der Waals surface area contributed by atoms with Crippen molar-refractivity contribution in [2.24, 2.45) is 0 Å². The number of carbonyl (C=O) groups excluding carboxylic acids is 1. The lowest BCUT2D eigenvalue weighted by molar-refractivity contribution is 0.0632. The quantitative estimate of drug-likeness (QED) is 0.829. The number of carbonyl (C=O) groups is 1. The van der Waals surface area contributed by atoms with Crippen molar-refractivity contribution >= 4 is 15.9 Å². The van der Waals surface area contributed by atoms with Gasteiger partial charge in [0.2, 0.25) is 10.0 Å². The molecule has 2 aliphatic rings. The minimum atomic E-state index is -3.19. The average Bonchev–Trinajstić information content (AvgIpc) is 3.13. The Balaban J connectivity index is 1.44. The fourth-order valence-electron chi connectivity index (χ4n) is 3.18. The lowest BCUT2D eigenvalue weighted by Gasteiger charge is -2.33. The lowest BCUT2D eigenvalue weighted by atomic mass is 10.1. The first-order valence-corrected chi connectivity index (χ1v) is 9.93. The summed E-state index contributed by atoms with van der Waals surface area (Å²) in [6.07, 6.45) is 5.24. The second-order valence-corrected chi connectivity index (χ2v) is 8.56. The number of nitrogens with zero attached hydrogens (tertiary/aromatic N) is 3. The van der Waals surface area contributed by atoms with Crippen molar-refractivity contribution in [2.75, 3.05) is 13.1 Å². The van der Waals surface area contributed by atoms with Gasteiger partial charge in [0.15, 0.2) is 5.76 Å². The number of rotatable bonds is 6. The average molecular weight is 364 g/mol. The third kappa shape index (κ3) is 3.34. The molecule has 134 valence electrons. The topological polar surface area (TPSA) is 97.4 Å². The second-order valence-electron chi connectivity index (χ2n) is 6.51. The molecule has 0 radical (unpaired) electrons. The number of furan rings is 1. The summed E-state index contributed by atoms with van der Waals surface area (Å²) in [5.41, 5.74) is 0.932. The molecular formula is C16H20N4O4S. The molecule has 2 aromatic rings. The van der Waals surface area contributed by atoms with Crippen molar-refractivity contribution in [3.63, 3.8) is 0 Å². The zero-order valence-electron chi connectivity index (χ0n) is 13.7. The molecule has 1 fully saturated rings. The Bertz CT molecular complexity index is 855. The predicted octanol–water partition coefficient (Wildman–Crippen LogP) is 1.15. The van der Waals surface area contributed by atoms with Crippen LogP contribution in [0.4, 0.5) is 0 Å². The molecule has 1 aliphatic heterocycles. The summed E-state index contributed by atoms with van der Waals surface area (Å²) in [6, 6.07) is 5.14. The highest BCUT2D eigenvalue weighted by Gasteiger charge is 2.36. The van der Waals surface area contributed by atoms with E-state index in [1.165, 1.54) is 6.26 Å². The maximum Gasteiger partial charge on any atom is 0.289 e. The third-order valence-electron chi connectivity index (χ3n) is 4.65. The molecule has 0 spiro atoms. The minimum absolute atomic E-state index is 0.0698. The van der Waals surface area contributed by atoms with Gasteiger partial charge in [-0.15, -0.1) is 0 Å². The number of nitrogens with one attached hydrogen (secondary N) is 1. The van der Waals surface area contributed by atoms with Gasteiger partial charge >= 0.3 is 0 Å². The molecule has 25 heavy (non-hydrogen) atoms. The maximum absolute atomic E-state index is 12.6. The lowest BCUT2D eigenvalue weighted by Crippen LogP contribution is -2.42. The molecule has 1 saturated carbocycles. The summed E-state index contributed by atoms with van der Waals surface area (Å²) in [6.45, 7) is 1.27. The molecule has 1 unspecified atom stereocenters. The fraction of sp³-hybridized carbons (Fsp3) is 0.500. The molecule has 1 aliphatic carbocycles. The van der Waals surface area contributed by atoms with Crippen molar-refractivity contribution in [3.8, 4) is 0 Å². The van der Waals surface area contributed by atoms with Crippen LogP contribution in [0.5, 0.6) is 0 Å². The van der Waals surface area contributed by atoms with Gasteiger partial charge in [0, 0.05) is 19.3 Å². The first-order chi connectivity index (χ1) is 12.0. The Morgan fingerprint density at radius 2 is 2.20 bits per heavy atom. The molecule has 2 aromatic heterocycles. The Labute approximate surface area is 145 Å². The molecule has 0 bridgehead atoms. The van der Waals surface area contributed by atoms with Gasteiger partial charge in [-0.2, -0.15) is 5.10 Å². The van der Waals surface area contributed by atoms with Crippen LogP contribution in [0.3, 0.4) is 0 Å². The van der Waals surface area contributed by atoms with E-state index in [9.17, 15) is 13.2 Å². The largest absolute Gasteiger partial charge is 0.459 e. The van der Waals surface area contributed by atoms with Gasteiger partial charge in [0.05, 0.1) is 29.8 Å². The molecule has 9 heteroatoms. The normalized spacial score (nSPS) is 20.5. The zero-order chi connectivity index (χ0) is 17.4. The van der Waals surface area contributed by atoms with Gasteiger partial charge < -0.3 is 9.32 Å². The van der Waals surface area contributed by atoms with E-state index in [0.717, 1.165) is 18.5 Å². The first kappa shape index (κ1) is 16.3. The predicted molar refractivity (Wildman–Crippen MR) is 89.3 cm³/mol. The van der Waals surface area contributed by atoms with E-state index in [2.05, 4.69) is 9.82 Å². The highest BCUT2D eigenvalue weighted by molar-refractivity contribution is 7.90. The van der Waals surface area contributed by atoms with Crippen LogP contribution in [-0.2, 0) is 16.6 Å². The minimum Gasteiger partial charge on any atom is -0.459 e. The standard InChI is InChI=1S/C16H20N4O4S/c21-16(15-2-1-9-24-15)19-10-12-5-7-17-20(12)13(11-19)6-8-18-25(22,23)14-3-4-14/h1-2,5,7,9,13-14,18H,3-4,6,8,10-11H2. The number of hydrogen-bond acceptors (Lipinski definition) is 5. The van der Waals surface area contributed by atoms with Crippen LogP contribution in [-0.4, -0.2) is 47.3 Å². The summed E-state index contributed by atoms with van der Waals surface area (Å²) in [7, 11) is -3.19. The van der Waals surface area contributed by atoms with Crippen LogP contribution in [0, 0.1) is 0 Å². The van der Waals surface area contributed by atoms with Crippen LogP contribution in [0.2, 0.25) is 0 Å². The molecule has 1 atom stereocenters. The van der Waals surface area contributed by atoms with E-state index in [-0.39, 0.29) is 17.2 Å². The van der Waals surface area contributed by atoms with E-state index in [1.807, 2.05) is 10.7 Å². The number of sulfonamides is 1. The highest BCUT2D eigenvalue weighted by Crippen LogP contribution is 2.28. The Hall–Kier alpha value is -2.13. The van der Waals surface area contributed by atoms with Gasteiger partial charge in [-0.05, 0) is 37.5 Å². The number of amides is 1. The van der Waals surface area contributed by atoms with Gasteiger partial charge in [0.1, 0.15) is 0 Å². The number of aromatic nitrogens is 2. The van der Waals surface area contributed by atoms with Crippen LogP contribution in [0.25, 0.3) is 0 Å². The molecular weight excluding hydrogens is 344 g/mol. The SMILES string of the molecule is O=C(c1ccco1)N1Cc2ccnn2C(CCNS(=O)(=O)C2CC2)C1. The van der Waals surface area contributed by atoms with Crippen LogP contribution < -0.4 is 4.72 Å². The molecule has 3 heterocycles. The van der Waals surface area contributed by atoms with E-state index in [4.69, 9.17) is 4.42 Å². The van der Waals surface area contributed by atoms with Crippen molar-refractivity contribution in [1.82, 2.24) is 19.4 Å². The monoisotopic (exact) mass is 364 g/mol. The Kier molecular flexibility index (Phi) is 4.12. The van der Waals surface area contributed by atoms with E-state index < -0.39 is 10.0 Å². The molecule has 1 N–H and O–H groups in total. The molecule has 8 nitrogen and oxygen atoms in total. The maximum atomic E-state index is 12.6. The van der Waals surface area contributed by atoms with Crippen molar-refractivity contribution in [1.29, 1.82) is 0 Å². The van der Waals surface area contributed by atoms with Gasteiger partial charge in [-0.3, -0.25) is 9.48 Å². The van der Waals surface area contributed by atoms with Crippen LogP contribution >= 0.6 is 0 Å². The summed E-state index contributed by atoms with van der Waals surface area (Å²) in [5.74, 6) is 0.141. The summed E-state index contributed by atoms with van der Waals surface area (Å²) < 4.78 is 33.7. The Morgan fingerprint density at radius 3 is 2.92 bits per heavy atom. The van der Waals surface area contributed by atoms with Crippen LogP contribution in [0.1, 0.15) is 41.6 Å². The van der Waals surface area contributed by atoms with Gasteiger partial charge in [-0.25, -0.2) is 13.1 Å². The molecule has 0 aromatic carbocycles. The van der Waals surface area contributed by atoms with Crippen LogP contribution in [0.15, 0.2) is 35.1 Å². The smallest absolute Gasteiger partial charge is 0.289 e. The summed E-state index contributed by atoms with van der Waals surface area (Å²) in [4.78, 5) is 14.3. The number of fused-ring (bicyclic) bond motifs is 1. The Morgan fingerprint density at radius 1 is 1.36 bits per heavy atom. The summed E-state index contributed by atoms with van der Waals surface area (Å²) >= 11 is 0. The zero-order valence-corrected chi connectivity index (χ0v) is 14.5.